The van der Waals surface area contributed by atoms with Crippen molar-refractivity contribution in [2.75, 3.05) is 13.1 Å². The molecule has 1 fully saturated rings. The van der Waals surface area contributed by atoms with Crippen molar-refractivity contribution >= 4 is 5.91 Å². The molecule has 132 valence electrons. The predicted octanol–water partition coefficient (Wildman–Crippen LogP) is 2.18. The van der Waals surface area contributed by atoms with E-state index < -0.39 is 0 Å². The van der Waals surface area contributed by atoms with Crippen molar-refractivity contribution in [1.82, 2.24) is 25.3 Å². The van der Waals surface area contributed by atoms with E-state index in [0.717, 1.165) is 29.7 Å². The van der Waals surface area contributed by atoms with Gasteiger partial charge in [-0.15, -0.1) is 0 Å². The third kappa shape index (κ3) is 3.15. The van der Waals surface area contributed by atoms with Gasteiger partial charge in [-0.3, -0.25) is 14.7 Å². The zero-order chi connectivity index (χ0) is 17.9. The number of benzene rings is 1. The van der Waals surface area contributed by atoms with E-state index in [1.54, 1.807) is 4.90 Å². The van der Waals surface area contributed by atoms with Crippen molar-refractivity contribution in [3.63, 3.8) is 0 Å². The number of hydrogen-bond donors (Lipinski definition) is 2. The first-order valence-electron chi connectivity index (χ1n) is 8.66. The van der Waals surface area contributed by atoms with Crippen LogP contribution in [0, 0.1) is 0 Å². The van der Waals surface area contributed by atoms with Crippen molar-refractivity contribution in [3.8, 4) is 11.1 Å². The van der Waals surface area contributed by atoms with E-state index in [1.165, 1.54) is 12.1 Å². The van der Waals surface area contributed by atoms with Crippen LogP contribution < -0.4 is 5.56 Å². The quantitative estimate of drug-likeness (QED) is 0.758. The molecule has 7 heteroatoms. The number of nitrogens with zero attached hydrogens (tertiary/aromatic N) is 3. The summed E-state index contributed by atoms with van der Waals surface area (Å²) in [6.45, 7) is 1.28. The smallest absolute Gasteiger partial charge is 0.274 e. The summed E-state index contributed by atoms with van der Waals surface area (Å²) in [5, 5.41) is 13.5. The van der Waals surface area contributed by atoms with Gasteiger partial charge in [-0.2, -0.15) is 10.2 Å². The molecule has 7 nitrogen and oxygen atoms in total. The van der Waals surface area contributed by atoms with Gasteiger partial charge in [-0.1, -0.05) is 30.3 Å². The summed E-state index contributed by atoms with van der Waals surface area (Å²) in [5.74, 6) is 0.0277. The maximum atomic E-state index is 12.7. The van der Waals surface area contributed by atoms with E-state index in [1.807, 2.05) is 24.4 Å². The Balaban J connectivity index is 1.56. The number of aromatic nitrogens is 4. The van der Waals surface area contributed by atoms with E-state index in [9.17, 15) is 9.59 Å². The lowest BCUT2D eigenvalue weighted by atomic mass is 9.90. The zero-order valence-corrected chi connectivity index (χ0v) is 14.2. The van der Waals surface area contributed by atoms with E-state index in [2.05, 4.69) is 32.5 Å². The third-order valence-electron chi connectivity index (χ3n) is 4.77. The minimum absolute atomic E-state index is 0.160. The van der Waals surface area contributed by atoms with Crippen LogP contribution in [0.1, 0.15) is 34.9 Å². The number of hydrogen-bond acceptors (Lipinski definition) is 4. The van der Waals surface area contributed by atoms with E-state index in [-0.39, 0.29) is 23.1 Å². The van der Waals surface area contributed by atoms with Crippen LogP contribution in [0.2, 0.25) is 0 Å². The molecule has 0 saturated carbocycles. The lowest BCUT2D eigenvalue weighted by molar-refractivity contribution is 0.0698. The molecule has 2 aromatic heterocycles. The molecular weight excluding hydrogens is 330 g/mol. The molecule has 0 spiro atoms. The molecule has 3 aromatic rings. The minimum Gasteiger partial charge on any atom is -0.337 e. The van der Waals surface area contributed by atoms with Crippen LogP contribution in [0.15, 0.2) is 53.5 Å². The number of nitrogens with one attached hydrogen (secondary N) is 2. The summed E-state index contributed by atoms with van der Waals surface area (Å²) in [7, 11) is 0. The molecule has 0 aliphatic carbocycles. The fourth-order valence-corrected chi connectivity index (χ4v) is 3.48. The summed E-state index contributed by atoms with van der Waals surface area (Å²) >= 11 is 0. The lowest BCUT2D eigenvalue weighted by Gasteiger charge is -2.32. The van der Waals surface area contributed by atoms with Crippen LogP contribution in [0.4, 0.5) is 0 Å². The number of carbonyl (C=O) groups is 1. The highest BCUT2D eigenvalue weighted by atomic mass is 16.2. The van der Waals surface area contributed by atoms with Gasteiger partial charge in [0.05, 0.1) is 6.20 Å². The van der Waals surface area contributed by atoms with E-state index >= 15 is 0 Å². The van der Waals surface area contributed by atoms with Crippen molar-refractivity contribution < 1.29 is 4.79 Å². The van der Waals surface area contributed by atoms with Crippen LogP contribution >= 0.6 is 0 Å². The predicted molar refractivity (Wildman–Crippen MR) is 96.8 cm³/mol. The largest absolute Gasteiger partial charge is 0.337 e. The van der Waals surface area contributed by atoms with Gasteiger partial charge in [0.2, 0.25) is 0 Å². The Morgan fingerprint density at radius 3 is 2.73 bits per heavy atom. The van der Waals surface area contributed by atoms with Crippen molar-refractivity contribution in [2.45, 2.75) is 18.8 Å². The Morgan fingerprint density at radius 1 is 1.12 bits per heavy atom. The topological polar surface area (TPSA) is 94.7 Å². The summed E-state index contributed by atoms with van der Waals surface area (Å²) in [4.78, 5) is 25.6. The van der Waals surface area contributed by atoms with Gasteiger partial charge in [0, 0.05) is 36.3 Å². The number of rotatable bonds is 3. The van der Waals surface area contributed by atoms with E-state index in [4.69, 9.17) is 0 Å². The molecule has 1 aromatic carbocycles. The monoisotopic (exact) mass is 349 g/mol. The molecular formula is C19H19N5O2. The first kappa shape index (κ1) is 16.3. The number of H-pyrrole nitrogens is 2. The fourth-order valence-electron chi connectivity index (χ4n) is 3.48. The Bertz CT molecular complexity index is 943. The number of likely N-dealkylation sites (tertiary alicyclic amines) is 1. The number of amides is 1. The normalized spacial score (nSPS) is 17.2. The lowest BCUT2D eigenvalue weighted by Crippen LogP contribution is -2.40. The van der Waals surface area contributed by atoms with Gasteiger partial charge in [0.15, 0.2) is 0 Å². The molecule has 0 bridgehead atoms. The van der Waals surface area contributed by atoms with Gasteiger partial charge >= 0.3 is 0 Å². The Kier molecular flexibility index (Phi) is 4.35. The zero-order valence-electron chi connectivity index (χ0n) is 14.2. The summed E-state index contributed by atoms with van der Waals surface area (Å²) in [5.41, 5.74) is 3.19. The fraction of sp³-hybridized carbons (Fsp3) is 0.263. The van der Waals surface area contributed by atoms with Crippen LogP contribution in [-0.2, 0) is 0 Å². The highest BCUT2D eigenvalue weighted by Gasteiger charge is 2.28. The Morgan fingerprint density at radius 2 is 1.96 bits per heavy atom. The number of piperidine rings is 1. The highest BCUT2D eigenvalue weighted by molar-refractivity contribution is 5.92. The Hall–Kier alpha value is -3.22. The molecule has 0 radical (unpaired) electrons. The van der Waals surface area contributed by atoms with Crippen LogP contribution in [0.3, 0.4) is 0 Å². The summed E-state index contributed by atoms with van der Waals surface area (Å²) < 4.78 is 0. The molecule has 1 atom stereocenters. The molecule has 1 saturated heterocycles. The second kappa shape index (κ2) is 6.95. The first-order valence-corrected chi connectivity index (χ1v) is 8.66. The molecule has 4 rings (SSSR count). The maximum Gasteiger partial charge on any atom is 0.274 e. The van der Waals surface area contributed by atoms with E-state index in [0.29, 0.717) is 13.1 Å². The van der Waals surface area contributed by atoms with Gasteiger partial charge in [0.1, 0.15) is 5.69 Å². The molecule has 3 heterocycles. The average Bonchev–Trinajstić information content (AvgIpc) is 3.19. The molecule has 26 heavy (non-hydrogen) atoms. The average molecular weight is 349 g/mol. The second-order valence-electron chi connectivity index (χ2n) is 6.46. The molecule has 1 aliphatic heterocycles. The van der Waals surface area contributed by atoms with Gasteiger partial charge < -0.3 is 4.90 Å². The van der Waals surface area contributed by atoms with Crippen LogP contribution in [0.5, 0.6) is 0 Å². The standard InChI is InChI=1S/C19H19N5O2/c25-17-9-8-16(21-22-17)19(26)24-10-4-7-14(12-24)18-15(11-20-23-18)13-5-2-1-3-6-13/h1-3,5-6,8-9,11,14H,4,7,10,12H2,(H,20,23)(H,22,25). The van der Waals surface area contributed by atoms with Crippen LogP contribution in [-0.4, -0.2) is 44.3 Å². The van der Waals surface area contributed by atoms with Gasteiger partial charge in [-0.25, -0.2) is 5.10 Å². The van der Waals surface area contributed by atoms with Crippen molar-refractivity contribution in [1.29, 1.82) is 0 Å². The van der Waals surface area contributed by atoms with Crippen molar-refractivity contribution in [2.24, 2.45) is 0 Å². The molecule has 2 N–H and O–H groups in total. The molecule has 1 unspecified atom stereocenters. The first-order chi connectivity index (χ1) is 12.7. The SMILES string of the molecule is O=C(c1ccc(=O)[nH]n1)N1CCCC(c2[nH]ncc2-c2ccccc2)C1. The van der Waals surface area contributed by atoms with Gasteiger partial charge in [0.25, 0.3) is 11.5 Å². The van der Waals surface area contributed by atoms with Crippen molar-refractivity contribution in [3.05, 3.63) is 70.4 Å². The number of carbonyl (C=O) groups excluding carboxylic acids is 1. The number of aromatic amines is 2. The second-order valence-corrected chi connectivity index (χ2v) is 6.46. The molecule has 1 amide bonds. The minimum atomic E-state index is -0.317. The highest BCUT2D eigenvalue weighted by Crippen LogP contribution is 2.33. The molecule has 1 aliphatic rings. The Labute approximate surface area is 150 Å². The maximum absolute atomic E-state index is 12.7. The summed E-state index contributed by atoms with van der Waals surface area (Å²) in [6, 6.07) is 12.9. The van der Waals surface area contributed by atoms with Crippen LogP contribution in [0.25, 0.3) is 11.1 Å². The third-order valence-corrected chi connectivity index (χ3v) is 4.77. The van der Waals surface area contributed by atoms with Gasteiger partial charge in [-0.05, 0) is 24.5 Å². The summed E-state index contributed by atoms with van der Waals surface area (Å²) in [6.07, 6.45) is 3.74.